The zero-order valence-corrected chi connectivity index (χ0v) is 14.0. The maximum atomic E-state index is 12.2. The molecule has 0 bridgehead atoms. The van der Waals surface area contributed by atoms with Crippen molar-refractivity contribution in [3.8, 4) is 0 Å². The maximum absolute atomic E-state index is 12.2. The molecule has 0 aliphatic rings. The number of rotatable bonds is 5. The van der Waals surface area contributed by atoms with Crippen LogP contribution in [0.15, 0.2) is 29.9 Å². The van der Waals surface area contributed by atoms with Gasteiger partial charge in [0.05, 0.1) is 12.2 Å². The van der Waals surface area contributed by atoms with Crippen molar-refractivity contribution in [3.05, 3.63) is 51.9 Å². The van der Waals surface area contributed by atoms with Gasteiger partial charge in [0.1, 0.15) is 16.3 Å². The summed E-state index contributed by atoms with van der Waals surface area (Å²) in [4.78, 5) is 21.0. The van der Waals surface area contributed by atoms with Crippen molar-refractivity contribution in [1.82, 2.24) is 19.7 Å². The molecule has 0 aliphatic heterocycles. The van der Waals surface area contributed by atoms with Gasteiger partial charge in [-0.1, -0.05) is 6.07 Å². The number of nitrogens with one attached hydrogen (secondary N) is 1. The van der Waals surface area contributed by atoms with Gasteiger partial charge in [-0.05, 0) is 24.8 Å². The smallest absolute Gasteiger partial charge is 0.271 e. The number of amides is 1. The number of thioether (sulfide) groups is 1. The molecule has 114 valence electrons. The fourth-order valence-electron chi connectivity index (χ4n) is 2.09. The standard InChI is InChI=1S/C15H16N4OS2/c1-10-3-4-13-18-12(7-19(13)6-10)15(20)16-5-11-8-22-14(17-11)9-21-2/h3-4,6-8H,5,9H2,1-2H3,(H,16,20). The summed E-state index contributed by atoms with van der Waals surface area (Å²) in [6.07, 6.45) is 5.75. The van der Waals surface area contributed by atoms with Crippen LogP contribution >= 0.6 is 23.1 Å². The van der Waals surface area contributed by atoms with Gasteiger partial charge in [-0.2, -0.15) is 11.8 Å². The lowest BCUT2D eigenvalue weighted by atomic mass is 10.3. The van der Waals surface area contributed by atoms with Crippen molar-refractivity contribution in [2.45, 2.75) is 19.2 Å². The van der Waals surface area contributed by atoms with Crippen molar-refractivity contribution in [2.24, 2.45) is 0 Å². The summed E-state index contributed by atoms with van der Waals surface area (Å²) < 4.78 is 1.86. The molecule has 0 radical (unpaired) electrons. The lowest BCUT2D eigenvalue weighted by Crippen LogP contribution is -2.23. The van der Waals surface area contributed by atoms with E-state index in [4.69, 9.17) is 0 Å². The number of hydrogen-bond donors (Lipinski definition) is 1. The second kappa shape index (κ2) is 6.50. The lowest BCUT2D eigenvalue weighted by Gasteiger charge is -1.99. The monoisotopic (exact) mass is 332 g/mol. The Morgan fingerprint density at radius 2 is 2.23 bits per heavy atom. The molecule has 7 heteroatoms. The highest BCUT2D eigenvalue weighted by Gasteiger charge is 2.11. The van der Waals surface area contributed by atoms with Crippen LogP contribution in [0.3, 0.4) is 0 Å². The first-order chi connectivity index (χ1) is 10.7. The van der Waals surface area contributed by atoms with Gasteiger partial charge in [-0.15, -0.1) is 11.3 Å². The molecule has 0 unspecified atom stereocenters. The third kappa shape index (κ3) is 3.31. The van der Waals surface area contributed by atoms with Gasteiger partial charge in [-0.25, -0.2) is 9.97 Å². The third-order valence-electron chi connectivity index (χ3n) is 3.13. The van der Waals surface area contributed by atoms with Gasteiger partial charge in [-0.3, -0.25) is 4.79 Å². The molecule has 0 saturated carbocycles. The first-order valence-electron chi connectivity index (χ1n) is 6.81. The lowest BCUT2D eigenvalue weighted by molar-refractivity contribution is 0.0946. The summed E-state index contributed by atoms with van der Waals surface area (Å²) in [6, 6.07) is 3.88. The number of thiazole rings is 1. The van der Waals surface area contributed by atoms with E-state index in [9.17, 15) is 4.79 Å². The Labute approximate surface area is 136 Å². The molecule has 3 aromatic rings. The second-order valence-electron chi connectivity index (χ2n) is 4.95. The zero-order chi connectivity index (χ0) is 15.5. The fourth-order valence-corrected chi connectivity index (χ4v) is 3.61. The van der Waals surface area contributed by atoms with Gasteiger partial charge in [0.2, 0.25) is 0 Å². The Bertz CT molecular complexity index is 809. The molecular weight excluding hydrogens is 316 g/mol. The Kier molecular flexibility index (Phi) is 4.44. The van der Waals surface area contributed by atoms with E-state index >= 15 is 0 Å². The van der Waals surface area contributed by atoms with Gasteiger partial charge in [0.15, 0.2) is 0 Å². The zero-order valence-electron chi connectivity index (χ0n) is 12.4. The summed E-state index contributed by atoms with van der Waals surface area (Å²) in [5.74, 6) is 0.727. The molecule has 22 heavy (non-hydrogen) atoms. The predicted octanol–water partition coefficient (Wildman–Crippen LogP) is 2.89. The average Bonchev–Trinajstić information content (AvgIpc) is 3.11. The Morgan fingerprint density at radius 3 is 3.05 bits per heavy atom. The predicted molar refractivity (Wildman–Crippen MR) is 90.4 cm³/mol. The van der Waals surface area contributed by atoms with Crippen LogP contribution in [-0.4, -0.2) is 26.5 Å². The van der Waals surface area contributed by atoms with E-state index in [0.717, 1.165) is 27.7 Å². The van der Waals surface area contributed by atoms with Crippen molar-refractivity contribution in [3.63, 3.8) is 0 Å². The fraction of sp³-hybridized carbons (Fsp3) is 0.267. The van der Waals surface area contributed by atoms with Crippen LogP contribution in [0, 0.1) is 6.92 Å². The normalized spacial score (nSPS) is 11.0. The molecule has 5 nitrogen and oxygen atoms in total. The van der Waals surface area contributed by atoms with E-state index in [1.54, 1.807) is 29.3 Å². The molecule has 1 amide bonds. The third-order valence-corrected chi connectivity index (χ3v) is 4.77. The molecule has 0 saturated heterocycles. The van der Waals surface area contributed by atoms with Crippen LogP contribution in [0.1, 0.15) is 26.8 Å². The minimum Gasteiger partial charge on any atom is -0.345 e. The molecule has 0 atom stereocenters. The first kappa shape index (κ1) is 15.1. The van der Waals surface area contributed by atoms with Crippen LogP contribution in [-0.2, 0) is 12.3 Å². The molecule has 3 heterocycles. The van der Waals surface area contributed by atoms with Gasteiger partial charge in [0.25, 0.3) is 5.91 Å². The number of hydrogen-bond acceptors (Lipinski definition) is 5. The van der Waals surface area contributed by atoms with E-state index in [2.05, 4.69) is 15.3 Å². The topological polar surface area (TPSA) is 59.3 Å². The van der Waals surface area contributed by atoms with Gasteiger partial charge < -0.3 is 9.72 Å². The maximum Gasteiger partial charge on any atom is 0.271 e. The van der Waals surface area contributed by atoms with Gasteiger partial charge >= 0.3 is 0 Å². The second-order valence-corrected chi connectivity index (χ2v) is 6.76. The van der Waals surface area contributed by atoms with Crippen LogP contribution < -0.4 is 5.32 Å². The summed E-state index contributed by atoms with van der Waals surface area (Å²) in [5, 5.41) is 5.94. The molecular formula is C15H16N4OS2. The molecule has 0 spiro atoms. The number of pyridine rings is 1. The molecule has 0 aliphatic carbocycles. The van der Waals surface area contributed by atoms with Crippen molar-refractivity contribution < 1.29 is 4.79 Å². The first-order valence-corrected chi connectivity index (χ1v) is 9.09. The van der Waals surface area contributed by atoms with Crippen molar-refractivity contribution in [2.75, 3.05) is 6.26 Å². The summed E-state index contributed by atoms with van der Waals surface area (Å²) >= 11 is 3.36. The van der Waals surface area contributed by atoms with Crippen molar-refractivity contribution >= 4 is 34.7 Å². The van der Waals surface area contributed by atoms with E-state index in [1.165, 1.54) is 0 Å². The minimum atomic E-state index is -0.180. The molecule has 3 rings (SSSR count). The summed E-state index contributed by atoms with van der Waals surface area (Å²) in [6.45, 7) is 2.43. The van der Waals surface area contributed by atoms with E-state index in [-0.39, 0.29) is 5.91 Å². The molecule has 0 fully saturated rings. The highest BCUT2D eigenvalue weighted by molar-refractivity contribution is 7.97. The molecule has 1 N–H and O–H groups in total. The highest BCUT2D eigenvalue weighted by Crippen LogP contribution is 2.15. The average molecular weight is 332 g/mol. The highest BCUT2D eigenvalue weighted by atomic mass is 32.2. The van der Waals surface area contributed by atoms with Crippen LogP contribution in [0.25, 0.3) is 5.65 Å². The summed E-state index contributed by atoms with van der Waals surface area (Å²) in [7, 11) is 0. The van der Waals surface area contributed by atoms with E-state index in [1.807, 2.05) is 41.3 Å². The Morgan fingerprint density at radius 1 is 1.36 bits per heavy atom. The van der Waals surface area contributed by atoms with Crippen LogP contribution in [0.4, 0.5) is 0 Å². The van der Waals surface area contributed by atoms with Crippen LogP contribution in [0.2, 0.25) is 0 Å². The number of aryl methyl sites for hydroxylation is 1. The number of fused-ring (bicyclic) bond motifs is 1. The molecule has 0 aromatic carbocycles. The summed E-state index contributed by atoms with van der Waals surface area (Å²) in [5.41, 5.74) is 3.21. The quantitative estimate of drug-likeness (QED) is 0.780. The SMILES string of the molecule is CSCc1nc(CNC(=O)c2cn3cc(C)ccc3n2)cs1. The largest absolute Gasteiger partial charge is 0.345 e. The van der Waals surface area contributed by atoms with Crippen molar-refractivity contribution in [1.29, 1.82) is 0 Å². The molecule has 3 aromatic heterocycles. The number of imidazole rings is 1. The van der Waals surface area contributed by atoms with Gasteiger partial charge in [0, 0.05) is 23.5 Å². The number of nitrogens with zero attached hydrogens (tertiary/aromatic N) is 3. The number of carbonyl (C=O) groups excluding carboxylic acids is 1. The van der Waals surface area contributed by atoms with E-state index < -0.39 is 0 Å². The van der Waals surface area contributed by atoms with Crippen LogP contribution in [0.5, 0.6) is 0 Å². The number of aromatic nitrogens is 3. The Hall–Kier alpha value is -1.86. The van der Waals surface area contributed by atoms with E-state index in [0.29, 0.717) is 12.2 Å². The minimum absolute atomic E-state index is 0.180. The Balaban J connectivity index is 1.67. The number of carbonyl (C=O) groups is 1.